The number of rotatable bonds is 4. The molecular formula is C12H16BrN3O. The average Bonchev–Trinajstić information content (AvgIpc) is 2.80. The van der Waals surface area contributed by atoms with Crippen LogP contribution in [0.5, 0.6) is 0 Å². The molecular weight excluding hydrogens is 282 g/mol. The Balaban J connectivity index is 2.19. The van der Waals surface area contributed by atoms with Gasteiger partial charge in [-0.3, -0.25) is 4.79 Å². The summed E-state index contributed by atoms with van der Waals surface area (Å²) in [5.74, 6) is 0.528. The minimum absolute atomic E-state index is 0.249. The number of carbonyl (C=O) groups is 1. The lowest BCUT2D eigenvalue weighted by Crippen LogP contribution is -2.40. The fraction of sp³-hybridized carbons (Fsp3) is 0.500. The van der Waals surface area contributed by atoms with Crippen LogP contribution in [0.1, 0.15) is 25.7 Å². The molecule has 2 rings (SSSR count). The molecule has 0 spiro atoms. The number of aromatic nitrogens is 1. The third-order valence-electron chi connectivity index (χ3n) is 3.10. The summed E-state index contributed by atoms with van der Waals surface area (Å²) < 4.78 is 0.937. The maximum Gasteiger partial charge on any atom is 0.237 e. The van der Waals surface area contributed by atoms with Crippen LogP contribution in [0.25, 0.3) is 0 Å². The lowest BCUT2D eigenvalue weighted by molar-refractivity contribution is -0.116. The van der Waals surface area contributed by atoms with Crippen LogP contribution < -0.4 is 10.6 Å². The number of halogens is 1. The highest BCUT2D eigenvalue weighted by molar-refractivity contribution is 9.10. The predicted molar refractivity (Wildman–Crippen MR) is 70.7 cm³/mol. The lowest BCUT2D eigenvalue weighted by Gasteiger charge is -2.28. The molecule has 0 aromatic carbocycles. The van der Waals surface area contributed by atoms with Crippen molar-refractivity contribution in [3.8, 4) is 0 Å². The van der Waals surface area contributed by atoms with Crippen LogP contribution in [0.4, 0.5) is 5.82 Å². The Hall–Kier alpha value is -1.10. The highest BCUT2D eigenvalue weighted by Gasteiger charge is 2.24. The number of nitrogens with zero attached hydrogens (tertiary/aromatic N) is 2. The molecule has 0 atom stereocenters. The van der Waals surface area contributed by atoms with E-state index in [0.717, 1.165) is 23.1 Å². The van der Waals surface area contributed by atoms with Gasteiger partial charge in [-0.05, 0) is 40.9 Å². The van der Waals surface area contributed by atoms with E-state index in [-0.39, 0.29) is 12.5 Å². The number of hydrogen-bond acceptors (Lipinski definition) is 3. The van der Waals surface area contributed by atoms with Crippen LogP contribution >= 0.6 is 15.9 Å². The molecule has 2 N–H and O–H groups in total. The van der Waals surface area contributed by atoms with E-state index in [1.54, 1.807) is 6.20 Å². The predicted octanol–water partition coefficient (Wildman–Crippen LogP) is 2.08. The minimum atomic E-state index is -0.304. The van der Waals surface area contributed by atoms with Gasteiger partial charge in [0.05, 0.1) is 6.54 Å². The number of amides is 1. The highest BCUT2D eigenvalue weighted by atomic mass is 79.9. The van der Waals surface area contributed by atoms with Crippen LogP contribution in [0, 0.1) is 0 Å². The van der Waals surface area contributed by atoms with Gasteiger partial charge in [-0.25, -0.2) is 4.98 Å². The van der Waals surface area contributed by atoms with E-state index in [1.807, 2.05) is 17.0 Å². The zero-order valence-corrected chi connectivity index (χ0v) is 11.2. The van der Waals surface area contributed by atoms with Crippen molar-refractivity contribution in [1.29, 1.82) is 0 Å². The van der Waals surface area contributed by atoms with Crippen LogP contribution in [-0.4, -0.2) is 23.5 Å². The summed E-state index contributed by atoms with van der Waals surface area (Å²) in [6.45, 7) is 0.249. The Bertz CT molecular complexity index is 387. The van der Waals surface area contributed by atoms with Gasteiger partial charge in [-0.15, -0.1) is 0 Å². The SMILES string of the molecule is NC(=O)CN(c1ccc(Br)cn1)C1CCCC1. The maximum atomic E-state index is 11.2. The van der Waals surface area contributed by atoms with Crippen molar-refractivity contribution < 1.29 is 4.79 Å². The normalized spacial score (nSPS) is 16.1. The van der Waals surface area contributed by atoms with Gasteiger partial charge in [0.1, 0.15) is 5.82 Å². The van der Waals surface area contributed by atoms with Gasteiger partial charge in [-0.1, -0.05) is 12.8 Å². The van der Waals surface area contributed by atoms with Crippen molar-refractivity contribution >= 4 is 27.7 Å². The fourth-order valence-corrected chi connectivity index (χ4v) is 2.55. The van der Waals surface area contributed by atoms with E-state index >= 15 is 0 Å². The van der Waals surface area contributed by atoms with Crippen molar-refractivity contribution in [2.24, 2.45) is 5.73 Å². The zero-order valence-electron chi connectivity index (χ0n) is 9.60. The first-order chi connectivity index (χ1) is 8.16. The molecule has 92 valence electrons. The summed E-state index contributed by atoms with van der Waals surface area (Å²) in [7, 11) is 0. The molecule has 5 heteroatoms. The summed E-state index contributed by atoms with van der Waals surface area (Å²) in [6, 6.07) is 4.26. The standard InChI is InChI=1S/C12H16BrN3O/c13-9-5-6-12(15-7-9)16(8-11(14)17)10-3-1-2-4-10/h5-7,10H,1-4,8H2,(H2,14,17). The molecule has 0 radical (unpaired) electrons. The first kappa shape index (κ1) is 12.4. The van der Waals surface area contributed by atoms with Gasteiger partial charge < -0.3 is 10.6 Å². The monoisotopic (exact) mass is 297 g/mol. The van der Waals surface area contributed by atoms with Crippen molar-refractivity contribution in [2.45, 2.75) is 31.7 Å². The topological polar surface area (TPSA) is 59.2 Å². The summed E-state index contributed by atoms with van der Waals surface area (Å²) >= 11 is 3.36. The van der Waals surface area contributed by atoms with E-state index in [4.69, 9.17) is 5.73 Å². The largest absolute Gasteiger partial charge is 0.368 e. The molecule has 1 heterocycles. The van der Waals surface area contributed by atoms with Gasteiger partial charge in [0.15, 0.2) is 0 Å². The Morgan fingerprint density at radius 1 is 1.47 bits per heavy atom. The second kappa shape index (κ2) is 5.49. The molecule has 1 aliphatic rings. The third-order valence-corrected chi connectivity index (χ3v) is 3.57. The Kier molecular flexibility index (Phi) is 3.99. The number of pyridine rings is 1. The van der Waals surface area contributed by atoms with E-state index in [2.05, 4.69) is 20.9 Å². The second-order valence-corrected chi connectivity index (χ2v) is 5.28. The van der Waals surface area contributed by atoms with Crippen molar-refractivity contribution in [2.75, 3.05) is 11.4 Å². The first-order valence-electron chi connectivity index (χ1n) is 5.83. The molecule has 1 saturated carbocycles. The average molecular weight is 298 g/mol. The van der Waals surface area contributed by atoms with Gasteiger partial charge in [-0.2, -0.15) is 0 Å². The number of nitrogens with two attached hydrogens (primary N) is 1. The van der Waals surface area contributed by atoms with Crippen molar-refractivity contribution in [3.63, 3.8) is 0 Å². The fourth-order valence-electron chi connectivity index (χ4n) is 2.32. The van der Waals surface area contributed by atoms with Crippen LogP contribution in [0.2, 0.25) is 0 Å². The number of carbonyl (C=O) groups excluding carboxylic acids is 1. The summed E-state index contributed by atoms with van der Waals surface area (Å²) in [6.07, 6.45) is 6.42. The maximum absolute atomic E-state index is 11.2. The smallest absolute Gasteiger partial charge is 0.237 e. The van der Waals surface area contributed by atoms with Gasteiger partial charge in [0.25, 0.3) is 0 Å². The Morgan fingerprint density at radius 2 is 2.18 bits per heavy atom. The van der Waals surface area contributed by atoms with Crippen LogP contribution in [0.3, 0.4) is 0 Å². The summed E-state index contributed by atoms with van der Waals surface area (Å²) in [5, 5.41) is 0. The van der Waals surface area contributed by atoms with Crippen molar-refractivity contribution in [3.05, 3.63) is 22.8 Å². The van der Waals surface area contributed by atoms with Crippen LogP contribution in [0.15, 0.2) is 22.8 Å². The second-order valence-electron chi connectivity index (χ2n) is 4.37. The van der Waals surface area contributed by atoms with E-state index in [9.17, 15) is 4.79 Å². The Labute approximate surface area is 109 Å². The summed E-state index contributed by atoms with van der Waals surface area (Å²) in [5.41, 5.74) is 5.31. The zero-order chi connectivity index (χ0) is 12.3. The molecule has 1 amide bonds. The Morgan fingerprint density at radius 3 is 2.71 bits per heavy atom. The molecule has 4 nitrogen and oxygen atoms in total. The molecule has 1 aliphatic carbocycles. The molecule has 0 saturated heterocycles. The third kappa shape index (κ3) is 3.19. The minimum Gasteiger partial charge on any atom is -0.368 e. The quantitative estimate of drug-likeness (QED) is 0.926. The number of hydrogen-bond donors (Lipinski definition) is 1. The number of primary amides is 1. The molecule has 1 aromatic heterocycles. The van der Waals surface area contributed by atoms with E-state index in [0.29, 0.717) is 6.04 Å². The van der Waals surface area contributed by atoms with Crippen molar-refractivity contribution in [1.82, 2.24) is 4.98 Å². The lowest BCUT2D eigenvalue weighted by atomic mass is 10.2. The van der Waals surface area contributed by atoms with Gasteiger partial charge in [0.2, 0.25) is 5.91 Å². The van der Waals surface area contributed by atoms with Gasteiger partial charge in [0, 0.05) is 16.7 Å². The summed E-state index contributed by atoms with van der Waals surface area (Å²) in [4.78, 5) is 17.5. The van der Waals surface area contributed by atoms with Gasteiger partial charge >= 0.3 is 0 Å². The van der Waals surface area contributed by atoms with Crippen LogP contribution in [-0.2, 0) is 4.79 Å². The molecule has 0 unspecified atom stereocenters. The number of anilines is 1. The highest BCUT2D eigenvalue weighted by Crippen LogP contribution is 2.27. The molecule has 17 heavy (non-hydrogen) atoms. The van der Waals surface area contributed by atoms with E-state index < -0.39 is 0 Å². The molecule has 1 fully saturated rings. The molecule has 1 aromatic rings. The molecule has 0 aliphatic heterocycles. The molecule has 0 bridgehead atoms. The van der Waals surface area contributed by atoms with E-state index in [1.165, 1.54) is 12.8 Å². The first-order valence-corrected chi connectivity index (χ1v) is 6.62.